The average Bonchev–Trinajstić information content (AvgIpc) is 2.45. The maximum absolute atomic E-state index is 13.6. The molecule has 0 aliphatic rings. The number of nitriles is 1. The Bertz CT molecular complexity index is 741. The Morgan fingerprint density at radius 2 is 1.95 bits per heavy atom. The van der Waals surface area contributed by atoms with Gasteiger partial charge < -0.3 is 5.32 Å². The fourth-order valence-corrected chi connectivity index (χ4v) is 2.04. The number of benzene rings is 2. The zero-order chi connectivity index (χ0) is 15.4. The van der Waals surface area contributed by atoms with Gasteiger partial charge in [0.2, 0.25) is 5.91 Å². The number of amides is 1. The summed E-state index contributed by atoms with van der Waals surface area (Å²) in [6, 6.07) is 10.5. The van der Waals surface area contributed by atoms with E-state index in [-0.39, 0.29) is 17.7 Å². The number of anilines is 1. The molecule has 1 N–H and O–H groups in total. The lowest BCUT2D eigenvalue weighted by Crippen LogP contribution is -2.15. The van der Waals surface area contributed by atoms with Gasteiger partial charge >= 0.3 is 0 Å². The molecule has 0 spiro atoms. The Labute approximate surface area is 130 Å². The van der Waals surface area contributed by atoms with Gasteiger partial charge in [0.15, 0.2) is 0 Å². The van der Waals surface area contributed by atoms with Gasteiger partial charge in [-0.2, -0.15) is 5.26 Å². The summed E-state index contributed by atoms with van der Waals surface area (Å²) in [6.45, 7) is 0. The highest BCUT2D eigenvalue weighted by Crippen LogP contribution is 2.23. The van der Waals surface area contributed by atoms with E-state index in [9.17, 15) is 9.18 Å². The number of carbonyl (C=O) groups is 1. The summed E-state index contributed by atoms with van der Waals surface area (Å²) in [7, 11) is 0. The molecule has 0 bridgehead atoms. The minimum absolute atomic E-state index is 0.0269. The molecule has 0 unspecified atom stereocenters. The van der Waals surface area contributed by atoms with Crippen molar-refractivity contribution < 1.29 is 9.18 Å². The topological polar surface area (TPSA) is 52.9 Å². The molecule has 1 amide bonds. The van der Waals surface area contributed by atoms with Crippen LogP contribution in [-0.4, -0.2) is 5.91 Å². The van der Waals surface area contributed by atoms with Crippen LogP contribution in [0.25, 0.3) is 0 Å². The van der Waals surface area contributed by atoms with E-state index in [1.54, 1.807) is 18.2 Å². The van der Waals surface area contributed by atoms with E-state index in [0.717, 1.165) is 6.07 Å². The third kappa shape index (κ3) is 3.94. The minimum Gasteiger partial charge on any atom is -0.323 e. The fraction of sp³-hybridized carbons (Fsp3) is 0.0667. The molecule has 0 saturated carbocycles. The van der Waals surface area contributed by atoms with Gasteiger partial charge in [0, 0.05) is 0 Å². The van der Waals surface area contributed by atoms with Crippen LogP contribution in [0.5, 0.6) is 0 Å². The van der Waals surface area contributed by atoms with Crippen LogP contribution < -0.4 is 5.32 Å². The summed E-state index contributed by atoms with van der Waals surface area (Å²) in [5, 5.41) is 11.9. The van der Waals surface area contributed by atoms with Crippen LogP contribution >= 0.6 is 23.2 Å². The van der Waals surface area contributed by atoms with Crippen molar-refractivity contribution in [2.24, 2.45) is 0 Å². The first-order valence-electron chi connectivity index (χ1n) is 5.93. The second kappa shape index (κ2) is 6.57. The van der Waals surface area contributed by atoms with Crippen molar-refractivity contribution in [2.45, 2.75) is 6.42 Å². The molecule has 0 heterocycles. The molecule has 6 heteroatoms. The largest absolute Gasteiger partial charge is 0.323 e. The van der Waals surface area contributed by atoms with Crippen molar-refractivity contribution in [2.75, 3.05) is 5.32 Å². The quantitative estimate of drug-likeness (QED) is 0.921. The van der Waals surface area contributed by atoms with Crippen LogP contribution in [-0.2, 0) is 11.2 Å². The summed E-state index contributed by atoms with van der Waals surface area (Å²) in [5.41, 5.74) is 0.880. The molecule has 106 valence electrons. The standard InChI is InChI=1S/C15H9Cl2FN2O/c16-11-3-1-9(5-12(11)17)7-15(21)20-14-4-2-10(8-19)6-13(14)18/h1-6H,7H2,(H,20,21). The summed E-state index contributed by atoms with van der Waals surface area (Å²) in [6.07, 6.45) is 0.0380. The SMILES string of the molecule is N#Cc1ccc(NC(=O)Cc2ccc(Cl)c(Cl)c2)c(F)c1. The van der Waals surface area contributed by atoms with Crippen molar-refractivity contribution in [3.63, 3.8) is 0 Å². The zero-order valence-corrected chi connectivity index (χ0v) is 12.2. The summed E-state index contributed by atoms with van der Waals surface area (Å²) >= 11 is 11.6. The Kier molecular flexibility index (Phi) is 4.79. The summed E-state index contributed by atoms with van der Waals surface area (Å²) in [5.74, 6) is -1.05. The molecular weight excluding hydrogens is 314 g/mol. The van der Waals surface area contributed by atoms with Gasteiger partial charge in [-0.1, -0.05) is 29.3 Å². The first-order valence-corrected chi connectivity index (χ1v) is 6.68. The maximum Gasteiger partial charge on any atom is 0.228 e. The van der Waals surface area contributed by atoms with Gasteiger partial charge in [-0.3, -0.25) is 4.79 Å². The Hall–Kier alpha value is -2.09. The van der Waals surface area contributed by atoms with Crippen molar-refractivity contribution in [1.82, 2.24) is 0 Å². The lowest BCUT2D eigenvalue weighted by molar-refractivity contribution is -0.115. The van der Waals surface area contributed by atoms with Crippen molar-refractivity contribution >= 4 is 34.8 Å². The van der Waals surface area contributed by atoms with E-state index in [2.05, 4.69) is 5.32 Å². The third-order valence-corrected chi connectivity index (χ3v) is 3.46. The summed E-state index contributed by atoms with van der Waals surface area (Å²) in [4.78, 5) is 11.9. The van der Waals surface area contributed by atoms with Gasteiger partial charge in [-0.05, 0) is 35.9 Å². The van der Waals surface area contributed by atoms with Gasteiger partial charge in [-0.25, -0.2) is 4.39 Å². The fourth-order valence-electron chi connectivity index (χ4n) is 1.72. The second-order valence-corrected chi connectivity index (χ2v) is 5.09. The van der Waals surface area contributed by atoms with Crippen LogP contribution in [0.3, 0.4) is 0 Å². The molecule has 2 rings (SSSR count). The molecule has 0 aliphatic heterocycles. The van der Waals surface area contributed by atoms with Crippen molar-refractivity contribution in [3.05, 3.63) is 63.4 Å². The zero-order valence-electron chi connectivity index (χ0n) is 10.7. The number of rotatable bonds is 3. The molecule has 21 heavy (non-hydrogen) atoms. The lowest BCUT2D eigenvalue weighted by atomic mass is 10.1. The monoisotopic (exact) mass is 322 g/mol. The Morgan fingerprint density at radius 1 is 1.19 bits per heavy atom. The molecule has 0 aromatic heterocycles. The number of nitrogens with zero attached hydrogens (tertiary/aromatic N) is 1. The van der Waals surface area contributed by atoms with Gasteiger partial charge in [0.05, 0.1) is 33.8 Å². The van der Waals surface area contributed by atoms with E-state index in [1.165, 1.54) is 12.1 Å². The van der Waals surface area contributed by atoms with Crippen molar-refractivity contribution in [1.29, 1.82) is 5.26 Å². The van der Waals surface area contributed by atoms with E-state index in [1.807, 2.05) is 6.07 Å². The molecule has 0 aliphatic carbocycles. The van der Waals surface area contributed by atoms with Crippen LogP contribution in [0.4, 0.5) is 10.1 Å². The number of nitrogens with one attached hydrogen (secondary N) is 1. The highest BCUT2D eigenvalue weighted by atomic mass is 35.5. The molecule has 0 radical (unpaired) electrons. The van der Waals surface area contributed by atoms with E-state index >= 15 is 0 Å². The molecule has 0 fully saturated rings. The van der Waals surface area contributed by atoms with Gasteiger partial charge in [-0.15, -0.1) is 0 Å². The molecule has 2 aromatic carbocycles. The predicted octanol–water partition coefficient (Wildman–Crippen LogP) is 4.19. The summed E-state index contributed by atoms with van der Waals surface area (Å²) < 4.78 is 13.6. The molecule has 2 aromatic rings. The Morgan fingerprint density at radius 3 is 2.57 bits per heavy atom. The molecule has 0 atom stereocenters. The number of hydrogen-bond donors (Lipinski definition) is 1. The lowest BCUT2D eigenvalue weighted by Gasteiger charge is -2.07. The van der Waals surface area contributed by atoms with Gasteiger partial charge in [0.25, 0.3) is 0 Å². The van der Waals surface area contributed by atoms with E-state index in [4.69, 9.17) is 28.5 Å². The van der Waals surface area contributed by atoms with Gasteiger partial charge in [0.1, 0.15) is 5.82 Å². The maximum atomic E-state index is 13.6. The highest BCUT2D eigenvalue weighted by Gasteiger charge is 2.09. The third-order valence-electron chi connectivity index (χ3n) is 2.72. The van der Waals surface area contributed by atoms with Crippen molar-refractivity contribution in [3.8, 4) is 6.07 Å². The van der Waals surface area contributed by atoms with E-state index < -0.39 is 11.7 Å². The first kappa shape index (κ1) is 15.3. The second-order valence-electron chi connectivity index (χ2n) is 4.28. The number of hydrogen-bond acceptors (Lipinski definition) is 2. The number of carbonyl (C=O) groups excluding carboxylic acids is 1. The molecule has 0 saturated heterocycles. The normalized spacial score (nSPS) is 10.0. The minimum atomic E-state index is -0.656. The first-order chi connectivity index (χ1) is 9.99. The molecule has 3 nitrogen and oxygen atoms in total. The van der Waals surface area contributed by atoms with Crippen LogP contribution in [0.2, 0.25) is 10.0 Å². The smallest absolute Gasteiger partial charge is 0.228 e. The Balaban J connectivity index is 2.08. The molecular formula is C15H9Cl2FN2O. The van der Waals surface area contributed by atoms with Crippen LogP contribution in [0.1, 0.15) is 11.1 Å². The van der Waals surface area contributed by atoms with Crippen LogP contribution in [0.15, 0.2) is 36.4 Å². The predicted molar refractivity (Wildman–Crippen MR) is 79.9 cm³/mol. The highest BCUT2D eigenvalue weighted by molar-refractivity contribution is 6.42. The average molecular weight is 323 g/mol. The van der Waals surface area contributed by atoms with E-state index in [0.29, 0.717) is 15.6 Å². The number of halogens is 3. The van der Waals surface area contributed by atoms with Crippen LogP contribution in [0, 0.1) is 17.1 Å².